The lowest BCUT2D eigenvalue weighted by Crippen LogP contribution is -2.21. The number of hydrogen-bond acceptors (Lipinski definition) is 8. The number of carbonyl (C=O) groups is 1. The Balaban J connectivity index is 1.59. The van der Waals surface area contributed by atoms with Crippen molar-refractivity contribution in [2.75, 3.05) is 0 Å². The molecule has 0 saturated heterocycles. The van der Waals surface area contributed by atoms with Crippen LogP contribution >= 0.6 is 0 Å². The second-order valence-electron chi connectivity index (χ2n) is 7.97. The summed E-state index contributed by atoms with van der Waals surface area (Å²) in [6, 6.07) is 8.63. The van der Waals surface area contributed by atoms with Gasteiger partial charge in [-0.1, -0.05) is 13.8 Å². The first-order chi connectivity index (χ1) is 15.6. The Hall–Kier alpha value is -4.21. The molecule has 4 rings (SSSR count). The standard InChI is InChI=1S/C23H20N2O8/c1-12(2)16-9-17-14(7-21(26)32-19(17)6-13(16)3)11-31-22(27)10-24-18-5-4-15(25(29)30)8-20(18)33-23(24)28/h4-9,12H,10-11H2,1-3H3. The van der Waals surface area contributed by atoms with E-state index in [1.165, 1.54) is 18.2 Å². The van der Waals surface area contributed by atoms with Gasteiger partial charge in [0.25, 0.3) is 5.69 Å². The number of aromatic nitrogens is 1. The highest BCUT2D eigenvalue weighted by molar-refractivity contribution is 5.82. The number of nitro benzene ring substituents is 1. The molecule has 2 heterocycles. The molecule has 0 aliphatic carbocycles. The molecule has 33 heavy (non-hydrogen) atoms. The molecule has 2 aromatic heterocycles. The third kappa shape index (κ3) is 4.27. The molecule has 0 aliphatic heterocycles. The van der Waals surface area contributed by atoms with E-state index in [-0.39, 0.29) is 29.3 Å². The minimum Gasteiger partial charge on any atom is -0.459 e. The molecular formula is C23H20N2O8. The molecule has 0 fully saturated rings. The third-order valence-corrected chi connectivity index (χ3v) is 5.38. The number of esters is 1. The highest BCUT2D eigenvalue weighted by atomic mass is 16.6. The van der Waals surface area contributed by atoms with Crippen LogP contribution in [0.5, 0.6) is 0 Å². The van der Waals surface area contributed by atoms with Crippen LogP contribution in [0.1, 0.15) is 36.5 Å². The first kappa shape index (κ1) is 22.0. The van der Waals surface area contributed by atoms with Crippen molar-refractivity contribution in [1.82, 2.24) is 4.57 Å². The van der Waals surface area contributed by atoms with Gasteiger partial charge in [-0.25, -0.2) is 9.59 Å². The molecule has 170 valence electrons. The molecular weight excluding hydrogens is 432 g/mol. The van der Waals surface area contributed by atoms with Crippen LogP contribution in [0.25, 0.3) is 22.1 Å². The third-order valence-electron chi connectivity index (χ3n) is 5.38. The molecule has 4 aromatic rings. The van der Waals surface area contributed by atoms with Crippen LogP contribution < -0.4 is 11.4 Å². The number of aryl methyl sites for hydroxylation is 1. The Kier molecular flexibility index (Phi) is 5.59. The van der Waals surface area contributed by atoms with E-state index in [4.69, 9.17) is 13.6 Å². The van der Waals surface area contributed by atoms with Gasteiger partial charge in [-0.3, -0.25) is 19.5 Å². The number of carbonyl (C=O) groups excluding carboxylic acids is 1. The van der Waals surface area contributed by atoms with Crippen molar-refractivity contribution < 1.29 is 23.3 Å². The highest BCUT2D eigenvalue weighted by Crippen LogP contribution is 2.27. The Bertz CT molecular complexity index is 1520. The quantitative estimate of drug-likeness (QED) is 0.187. The summed E-state index contributed by atoms with van der Waals surface area (Å²) in [5.41, 5.74) is 2.36. The van der Waals surface area contributed by atoms with Gasteiger partial charge < -0.3 is 13.6 Å². The molecule has 0 aliphatic rings. The lowest BCUT2D eigenvalue weighted by molar-refractivity contribution is -0.384. The van der Waals surface area contributed by atoms with E-state index in [1.807, 2.05) is 13.0 Å². The Labute approximate surface area is 186 Å². The number of fused-ring (bicyclic) bond motifs is 2. The largest absolute Gasteiger partial charge is 0.459 e. The maximum absolute atomic E-state index is 12.5. The van der Waals surface area contributed by atoms with E-state index in [0.29, 0.717) is 16.5 Å². The minimum atomic E-state index is -0.842. The number of rotatable bonds is 6. The van der Waals surface area contributed by atoms with Crippen molar-refractivity contribution in [3.63, 3.8) is 0 Å². The summed E-state index contributed by atoms with van der Waals surface area (Å²) >= 11 is 0. The molecule has 0 bridgehead atoms. The van der Waals surface area contributed by atoms with Gasteiger partial charge in [0.1, 0.15) is 18.7 Å². The van der Waals surface area contributed by atoms with Crippen molar-refractivity contribution in [2.45, 2.75) is 39.8 Å². The number of hydrogen-bond donors (Lipinski definition) is 0. The highest BCUT2D eigenvalue weighted by Gasteiger charge is 2.18. The lowest BCUT2D eigenvalue weighted by atomic mass is 9.95. The van der Waals surface area contributed by atoms with Crippen LogP contribution in [-0.4, -0.2) is 15.5 Å². The summed E-state index contributed by atoms with van der Waals surface area (Å²) in [6.07, 6.45) is 0. The Morgan fingerprint density at radius 2 is 1.88 bits per heavy atom. The normalized spacial score (nSPS) is 11.4. The van der Waals surface area contributed by atoms with Crippen molar-refractivity contribution in [3.05, 3.63) is 84.2 Å². The molecule has 0 atom stereocenters. The van der Waals surface area contributed by atoms with Crippen molar-refractivity contribution >= 4 is 33.7 Å². The smallest absolute Gasteiger partial charge is 0.420 e. The van der Waals surface area contributed by atoms with Crippen LogP contribution in [0.15, 0.2) is 54.8 Å². The van der Waals surface area contributed by atoms with Crippen molar-refractivity contribution in [1.29, 1.82) is 0 Å². The maximum Gasteiger partial charge on any atom is 0.420 e. The van der Waals surface area contributed by atoms with Crippen molar-refractivity contribution in [2.24, 2.45) is 0 Å². The molecule has 0 amide bonds. The zero-order chi connectivity index (χ0) is 23.9. The SMILES string of the molecule is Cc1cc2oc(=O)cc(COC(=O)Cn3c(=O)oc4cc([N+](=O)[O-])ccc43)c2cc1C(C)C. The Morgan fingerprint density at radius 3 is 2.58 bits per heavy atom. The summed E-state index contributed by atoms with van der Waals surface area (Å²) in [4.78, 5) is 46.9. The summed E-state index contributed by atoms with van der Waals surface area (Å²) in [5.74, 6) is -1.34. The summed E-state index contributed by atoms with van der Waals surface area (Å²) in [6.45, 7) is 5.38. The van der Waals surface area contributed by atoms with E-state index < -0.39 is 28.8 Å². The average molecular weight is 452 g/mol. The fourth-order valence-electron chi connectivity index (χ4n) is 3.78. The van der Waals surface area contributed by atoms with Crippen LogP contribution in [0.2, 0.25) is 0 Å². The minimum absolute atomic E-state index is 0.00903. The molecule has 0 radical (unpaired) electrons. The number of non-ortho nitro benzene ring substituents is 1. The van der Waals surface area contributed by atoms with Crippen LogP contribution in [0, 0.1) is 17.0 Å². The zero-order valence-corrected chi connectivity index (χ0v) is 18.1. The van der Waals surface area contributed by atoms with Gasteiger partial charge in [0.05, 0.1) is 16.5 Å². The fourth-order valence-corrected chi connectivity index (χ4v) is 3.78. The summed E-state index contributed by atoms with van der Waals surface area (Å²) < 4.78 is 16.7. The first-order valence-corrected chi connectivity index (χ1v) is 10.1. The number of nitro groups is 1. The lowest BCUT2D eigenvalue weighted by Gasteiger charge is -2.13. The Morgan fingerprint density at radius 1 is 1.12 bits per heavy atom. The molecule has 0 unspecified atom stereocenters. The number of benzene rings is 2. The topological polar surface area (TPSA) is 135 Å². The molecule has 0 N–H and O–H groups in total. The fraction of sp³-hybridized carbons (Fsp3) is 0.261. The molecule has 10 heteroatoms. The van der Waals surface area contributed by atoms with Crippen molar-refractivity contribution in [3.8, 4) is 0 Å². The van der Waals surface area contributed by atoms with Crippen LogP contribution in [0.3, 0.4) is 0 Å². The van der Waals surface area contributed by atoms with Gasteiger partial charge >= 0.3 is 17.4 Å². The second-order valence-corrected chi connectivity index (χ2v) is 7.97. The van der Waals surface area contributed by atoms with Gasteiger partial charge in [0.15, 0.2) is 5.58 Å². The van der Waals surface area contributed by atoms with E-state index >= 15 is 0 Å². The van der Waals surface area contributed by atoms with Gasteiger partial charge in [-0.05, 0) is 42.2 Å². The molecule has 10 nitrogen and oxygen atoms in total. The predicted octanol–water partition coefficient (Wildman–Crippen LogP) is 3.78. The van der Waals surface area contributed by atoms with E-state index in [0.717, 1.165) is 21.8 Å². The van der Waals surface area contributed by atoms with Gasteiger partial charge in [0.2, 0.25) is 0 Å². The van der Waals surface area contributed by atoms with Gasteiger partial charge in [-0.15, -0.1) is 0 Å². The summed E-state index contributed by atoms with van der Waals surface area (Å²) in [5, 5.41) is 11.6. The van der Waals surface area contributed by atoms with Crippen LogP contribution in [-0.2, 0) is 22.7 Å². The first-order valence-electron chi connectivity index (χ1n) is 10.1. The second kappa shape index (κ2) is 8.38. The molecule has 2 aromatic carbocycles. The average Bonchev–Trinajstić information content (AvgIpc) is 3.05. The molecule has 0 saturated carbocycles. The van der Waals surface area contributed by atoms with E-state index in [2.05, 4.69) is 13.8 Å². The van der Waals surface area contributed by atoms with E-state index in [1.54, 1.807) is 6.07 Å². The van der Waals surface area contributed by atoms with Crippen LogP contribution in [0.4, 0.5) is 5.69 Å². The maximum atomic E-state index is 12.5. The van der Waals surface area contributed by atoms with Gasteiger partial charge in [-0.2, -0.15) is 0 Å². The predicted molar refractivity (Wildman–Crippen MR) is 118 cm³/mol. The number of ether oxygens (including phenoxy) is 1. The molecule has 0 spiro atoms. The number of oxazole rings is 1. The summed E-state index contributed by atoms with van der Waals surface area (Å²) in [7, 11) is 0. The monoisotopic (exact) mass is 452 g/mol. The van der Waals surface area contributed by atoms with Gasteiger partial charge in [0, 0.05) is 23.1 Å². The number of nitrogens with zero attached hydrogens (tertiary/aromatic N) is 2. The zero-order valence-electron chi connectivity index (χ0n) is 18.1. The van der Waals surface area contributed by atoms with E-state index in [9.17, 15) is 24.5 Å².